The second kappa shape index (κ2) is 8.55. The molecule has 0 radical (unpaired) electrons. The van der Waals surface area contributed by atoms with E-state index in [0.29, 0.717) is 34.9 Å². The molecule has 0 unspecified atom stereocenters. The quantitative estimate of drug-likeness (QED) is 0.632. The lowest BCUT2D eigenvalue weighted by atomic mass is 9.95. The van der Waals surface area contributed by atoms with Crippen LogP contribution in [0.3, 0.4) is 0 Å². The molecule has 166 valence electrons. The van der Waals surface area contributed by atoms with E-state index < -0.39 is 27.7 Å². The van der Waals surface area contributed by atoms with Crippen LogP contribution in [0.5, 0.6) is 0 Å². The Kier molecular flexibility index (Phi) is 6.14. The minimum Gasteiger partial charge on any atom is -0.380 e. The molecule has 2 aliphatic heterocycles. The lowest BCUT2D eigenvalue weighted by molar-refractivity contribution is 0.217. The Balaban J connectivity index is 1.87. The van der Waals surface area contributed by atoms with Gasteiger partial charge in [0.15, 0.2) is 22.5 Å². The van der Waals surface area contributed by atoms with E-state index in [9.17, 15) is 17.2 Å². The van der Waals surface area contributed by atoms with Crippen LogP contribution in [0.4, 0.5) is 8.78 Å². The molecule has 12 heteroatoms. The van der Waals surface area contributed by atoms with E-state index in [2.05, 4.69) is 9.71 Å². The fraction of sp³-hybridized carbons (Fsp3) is 0.368. The van der Waals surface area contributed by atoms with Gasteiger partial charge in [0.05, 0.1) is 17.9 Å². The summed E-state index contributed by atoms with van der Waals surface area (Å²) in [6, 6.07) is 1.30. The summed E-state index contributed by atoms with van der Waals surface area (Å²) in [6.45, 7) is 0.512. The standard InChI is InChI=1S/C19H19ClF2N4O3S2/c1-29-9-12-14-7-10(25-31(2,27)28)8-26(14)18(19-23-5-6-30-19)24-17(12)11-3-4-13(21)16(22)15(11)20/h3-6,10,17,25H,7-9H2,1-2H3/t10-,17-/m0/s1. The lowest BCUT2D eigenvalue weighted by Gasteiger charge is -2.32. The molecule has 1 aromatic heterocycles. The average molecular weight is 489 g/mol. The Morgan fingerprint density at radius 2 is 2.16 bits per heavy atom. The Bertz CT molecular complexity index is 1170. The fourth-order valence-electron chi connectivity index (χ4n) is 3.90. The van der Waals surface area contributed by atoms with Crippen molar-refractivity contribution < 1.29 is 21.9 Å². The highest BCUT2D eigenvalue weighted by atomic mass is 35.5. The van der Waals surface area contributed by atoms with Crippen LogP contribution in [-0.2, 0) is 14.8 Å². The van der Waals surface area contributed by atoms with E-state index in [1.807, 2.05) is 4.90 Å². The van der Waals surface area contributed by atoms with Crippen molar-refractivity contribution in [2.24, 2.45) is 4.99 Å². The van der Waals surface area contributed by atoms with Crippen LogP contribution in [0.1, 0.15) is 23.0 Å². The van der Waals surface area contributed by atoms with E-state index in [4.69, 9.17) is 21.3 Å². The summed E-state index contributed by atoms with van der Waals surface area (Å²) in [7, 11) is -1.91. The number of thiazole rings is 1. The van der Waals surface area contributed by atoms with Gasteiger partial charge in [-0.25, -0.2) is 26.9 Å². The summed E-state index contributed by atoms with van der Waals surface area (Å²) in [5, 5.41) is 2.07. The number of aromatic nitrogens is 1. The predicted molar refractivity (Wildman–Crippen MR) is 115 cm³/mol. The van der Waals surface area contributed by atoms with Crippen LogP contribution in [0.15, 0.2) is 40.0 Å². The molecule has 0 saturated carbocycles. The van der Waals surface area contributed by atoms with Gasteiger partial charge in [0.1, 0.15) is 6.04 Å². The molecule has 1 N–H and O–H groups in total. The molecule has 0 spiro atoms. The van der Waals surface area contributed by atoms with Crippen LogP contribution >= 0.6 is 22.9 Å². The Morgan fingerprint density at radius 1 is 1.39 bits per heavy atom. The first-order chi connectivity index (χ1) is 14.7. The van der Waals surface area contributed by atoms with Gasteiger partial charge in [-0.1, -0.05) is 17.7 Å². The first-order valence-corrected chi connectivity index (χ1v) is 12.4. The molecule has 2 atom stereocenters. The molecule has 2 aromatic rings. The first kappa shape index (κ1) is 22.3. The number of amidine groups is 1. The second-order valence-electron chi connectivity index (χ2n) is 7.26. The third-order valence-corrected chi connectivity index (χ3v) is 6.95. The van der Waals surface area contributed by atoms with Crippen molar-refractivity contribution in [3.63, 3.8) is 0 Å². The number of rotatable bonds is 6. The number of ether oxygens (including phenoxy) is 1. The molecule has 1 aromatic carbocycles. The number of fused-ring (bicyclic) bond motifs is 1. The number of halogens is 3. The highest BCUT2D eigenvalue weighted by Crippen LogP contribution is 2.42. The number of hydrogen-bond donors (Lipinski definition) is 1. The molecule has 4 rings (SSSR count). The first-order valence-electron chi connectivity index (χ1n) is 9.26. The van der Waals surface area contributed by atoms with Crippen molar-refractivity contribution in [1.29, 1.82) is 0 Å². The van der Waals surface area contributed by atoms with E-state index >= 15 is 0 Å². The van der Waals surface area contributed by atoms with Crippen molar-refractivity contribution in [2.75, 3.05) is 26.5 Å². The van der Waals surface area contributed by atoms with Crippen molar-refractivity contribution >= 4 is 38.8 Å². The third-order valence-electron chi connectivity index (χ3n) is 5.04. The summed E-state index contributed by atoms with van der Waals surface area (Å²) in [5.41, 5.74) is 1.80. The van der Waals surface area contributed by atoms with Gasteiger partial charge in [0.2, 0.25) is 10.0 Å². The summed E-state index contributed by atoms with van der Waals surface area (Å²) in [6.07, 6.45) is 3.13. The van der Waals surface area contributed by atoms with Gasteiger partial charge < -0.3 is 9.64 Å². The number of hydrogen-bond acceptors (Lipinski definition) is 7. The van der Waals surface area contributed by atoms with Crippen molar-refractivity contribution in [1.82, 2.24) is 14.6 Å². The molecule has 1 saturated heterocycles. The largest absolute Gasteiger partial charge is 0.380 e. The Morgan fingerprint density at radius 3 is 2.81 bits per heavy atom. The molecular formula is C19H19ClF2N4O3S2. The molecule has 0 bridgehead atoms. The topological polar surface area (TPSA) is 83.9 Å². The second-order valence-corrected chi connectivity index (χ2v) is 10.3. The summed E-state index contributed by atoms with van der Waals surface area (Å²) < 4.78 is 59.6. The monoisotopic (exact) mass is 488 g/mol. The average Bonchev–Trinajstić information content (AvgIpc) is 3.36. The number of methoxy groups -OCH3 is 1. The van der Waals surface area contributed by atoms with Crippen molar-refractivity contribution in [2.45, 2.75) is 18.5 Å². The van der Waals surface area contributed by atoms with E-state index in [0.717, 1.165) is 18.0 Å². The number of aliphatic imine (C=N–C) groups is 1. The molecule has 2 aliphatic rings. The van der Waals surface area contributed by atoms with Crippen LogP contribution in [0.25, 0.3) is 0 Å². The van der Waals surface area contributed by atoms with Gasteiger partial charge in [-0.05, 0) is 6.07 Å². The molecule has 0 aliphatic carbocycles. The zero-order valence-corrected chi connectivity index (χ0v) is 19.0. The Hall–Kier alpha value is -1.92. The Labute approximate surface area is 187 Å². The zero-order chi connectivity index (χ0) is 22.3. The lowest BCUT2D eigenvalue weighted by Crippen LogP contribution is -2.39. The number of sulfonamides is 1. The van der Waals surface area contributed by atoms with Crippen molar-refractivity contribution in [3.8, 4) is 0 Å². The zero-order valence-electron chi connectivity index (χ0n) is 16.6. The molecule has 3 heterocycles. The normalized spacial score (nSPS) is 21.5. The van der Waals surface area contributed by atoms with Gasteiger partial charge >= 0.3 is 0 Å². The number of benzene rings is 1. The highest BCUT2D eigenvalue weighted by Gasteiger charge is 2.40. The minimum absolute atomic E-state index is 0.159. The molecule has 1 fully saturated rings. The maximum Gasteiger partial charge on any atom is 0.209 e. The summed E-state index contributed by atoms with van der Waals surface area (Å²) >= 11 is 7.53. The van der Waals surface area contributed by atoms with Crippen LogP contribution < -0.4 is 4.72 Å². The third kappa shape index (κ3) is 4.37. The van der Waals surface area contributed by atoms with Crippen LogP contribution in [0.2, 0.25) is 5.02 Å². The maximum atomic E-state index is 14.2. The summed E-state index contributed by atoms with van der Waals surface area (Å²) in [4.78, 5) is 11.0. The van der Waals surface area contributed by atoms with Gasteiger partial charge in [0.25, 0.3) is 0 Å². The molecule has 7 nitrogen and oxygen atoms in total. The van der Waals surface area contributed by atoms with E-state index in [1.54, 1.807) is 11.6 Å². The molecular weight excluding hydrogens is 470 g/mol. The smallest absolute Gasteiger partial charge is 0.209 e. The highest BCUT2D eigenvalue weighted by molar-refractivity contribution is 7.88. The number of nitrogens with zero attached hydrogens (tertiary/aromatic N) is 3. The SMILES string of the molecule is COCC1=C2C[C@H](NS(C)(=O)=O)CN2C(c2nccs2)=N[C@H]1c1ccc(F)c(F)c1Cl. The van der Waals surface area contributed by atoms with Gasteiger partial charge in [-0.3, -0.25) is 4.99 Å². The van der Waals surface area contributed by atoms with Gasteiger partial charge in [-0.2, -0.15) is 0 Å². The number of nitrogens with one attached hydrogen (secondary N) is 1. The van der Waals surface area contributed by atoms with E-state index in [1.165, 1.54) is 24.5 Å². The van der Waals surface area contributed by atoms with Gasteiger partial charge in [0, 0.05) is 54.5 Å². The maximum absolute atomic E-state index is 14.2. The van der Waals surface area contributed by atoms with E-state index in [-0.39, 0.29) is 17.7 Å². The molecule has 0 amide bonds. The minimum atomic E-state index is -3.43. The van der Waals surface area contributed by atoms with Crippen molar-refractivity contribution in [3.05, 3.63) is 62.2 Å². The van der Waals surface area contributed by atoms with Gasteiger partial charge in [-0.15, -0.1) is 11.3 Å². The predicted octanol–water partition coefficient (Wildman–Crippen LogP) is 3.10. The van der Waals surface area contributed by atoms with Crippen LogP contribution in [0, 0.1) is 11.6 Å². The molecule has 31 heavy (non-hydrogen) atoms. The van der Waals surface area contributed by atoms with Crippen LogP contribution in [-0.4, -0.2) is 56.7 Å². The fourth-order valence-corrected chi connectivity index (χ4v) is 5.56. The summed E-state index contributed by atoms with van der Waals surface area (Å²) in [5.74, 6) is -1.67.